The number of hydrogen-bond donors (Lipinski definition) is 2. The van der Waals surface area contributed by atoms with Crippen LogP contribution in [-0.2, 0) is 16.4 Å². The van der Waals surface area contributed by atoms with Gasteiger partial charge < -0.3 is 9.72 Å². The minimum absolute atomic E-state index is 0.0790. The smallest absolute Gasteiger partial charge is 0.277 e. The number of nitrogens with one attached hydrogen (secondary N) is 2. The average molecular weight is 527 g/mol. The Kier molecular flexibility index (Phi) is 7.01. The van der Waals surface area contributed by atoms with Crippen molar-refractivity contribution in [2.75, 3.05) is 11.3 Å². The van der Waals surface area contributed by atoms with Crippen molar-refractivity contribution < 1.29 is 13.2 Å². The van der Waals surface area contributed by atoms with E-state index in [1.807, 2.05) is 6.92 Å². The fourth-order valence-corrected chi connectivity index (χ4v) is 5.06. The Morgan fingerprint density at radius 3 is 2.67 bits per heavy atom. The highest BCUT2D eigenvalue weighted by Crippen LogP contribution is 2.32. The number of H-pyrrole nitrogens is 1. The molecule has 0 spiro atoms. The van der Waals surface area contributed by atoms with E-state index in [4.69, 9.17) is 22.9 Å². The number of hydrogen-bond acceptors (Lipinski definition) is 6. The molecule has 0 atom stereocenters. The van der Waals surface area contributed by atoms with Crippen LogP contribution < -0.4 is 15.0 Å². The molecule has 0 radical (unpaired) electrons. The second-order valence-electron chi connectivity index (χ2n) is 7.90. The Labute approximate surface area is 212 Å². The first-order chi connectivity index (χ1) is 17.2. The topological polar surface area (TPSA) is 123 Å². The number of fused-ring (bicyclic) bond motifs is 1. The highest BCUT2D eigenvalue weighted by molar-refractivity contribution is 7.92. The van der Waals surface area contributed by atoms with E-state index in [9.17, 15) is 13.2 Å². The molecular weight excluding hydrogens is 504 g/mol. The van der Waals surface area contributed by atoms with Crippen molar-refractivity contribution in [1.82, 2.24) is 19.6 Å². The molecule has 4 rings (SSSR count). The van der Waals surface area contributed by atoms with Crippen LogP contribution in [0.2, 0.25) is 5.02 Å². The van der Waals surface area contributed by atoms with Crippen LogP contribution in [0.1, 0.15) is 31.8 Å². The monoisotopic (exact) mass is 526 g/mol. The van der Waals surface area contributed by atoms with Crippen molar-refractivity contribution >= 4 is 38.5 Å². The zero-order valence-electron chi connectivity index (χ0n) is 19.8. The molecule has 2 heterocycles. The third kappa shape index (κ3) is 4.78. The first kappa shape index (κ1) is 25.2. The van der Waals surface area contributed by atoms with Gasteiger partial charge >= 0.3 is 0 Å². The van der Waals surface area contributed by atoms with Crippen molar-refractivity contribution in [3.8, 4) is 17.1 Å². The SMILES string of the molecule is [C-]#[N+]c1ccc(NS(=O)(=O)c2ccc(OCC)c(-c3nn4c(CCC)nc(C)c4c(=O)[nH]3)c2)cc1Cl. The minimum Gasteiger partial charge on any atom is -0.493 e. The third-order valence-corrected chi connectivity index (χ3v) is 7.03. The first-order valence-electron chi connectivity index (χ1n) is 11.1. The second-order valence-corrected chi connectivity index (χ2v) is 9.99. The molecule has 0 bridgehead atoms. The van der Waals surface area contributed by atoms with Crippen LogP contribution >= 0.6 is 11.6 Å². The van der Waals surface area contributed by atoms with E-state index < -0.39 is 15.6 Å². The van der Waals surface area contributed by atoms with E-state index in [-0.39, 0.29) is 27.1 Å². The Morgan fingerprint density at radius 2 is 2.00 bits per heavy atom. The van der Waals surface area contributed by atoms with Crippen LogP contribution in [0.25, 0.3) is 21.7 Å². The number of aryl methyl sites for hydroxylation is 2. The minimum atomic E-state index is -4.06. The molecule has 2 aromatic carbocycles. The maximum absolute atomic E-state index is 13.2. The van der Waals surface area contributed by atoms with Gasteiger partial charge in [-0.1, -0.05) is 24.6 Å². The summed E-state index contributed by atoms with van der Waals surface area (Å²) in [6, 6.07) is 8.55. The lowest BCUT2D eigenvalue weighted by atomic mass is 10.2. The number of halogens is 1. The largest absolute Gasteiger partial charge is 0.493 e. The van der Waals surface area contributed by atoms with Crippen molar-refractivity contribution in [3.63, 3.8) is 0 Å². The predicted molar refractivity (Wildman–Crippen MR) is 137 cm³/mol. The lowest BCUT2D eigenvalue weighted by Crippen LogP contribution is -2.17. The van der Waals surface area contributed by atoms with Crippen molar-refractivity contribution in [2.45, 2.75) is 38.5 Å². The number of ether oxygens (including phenoxy) is 1. The number of aromatic nitrogens is 4. The molecule has 2 N–H and O–H groups in total. The van der Waals surface area contributed by atoms with E-state index in [0.29, 0.717) is 41.4 Å². The highest BCUT2D eigenvalue weighted by Gasteiger charge is 2.21. The van der Waals surface area contributed by atoms with E-state index in [1.54, 1.807) is 13.8 Å². The van der Waals surface area contributed by atoms with Gasteiger partial charge in [0.1, 0.15) is 11.6 Å². The summed E-state index contributed by atoms with van der Waals surface area (Å²) in [4.78, 5) is 23.3. The maximum Gasteiger partial charge on any atom is 0.277 e. The number of imidazole rings is 1. The normalized spacial score (nSPS) is 11.4. The summed E-state index contributed by atoms with van der Waals surface area (Å²) in [5.74, 6) is 1.14. The van der Waals surface area contributed by atoms with Gasteiger partial charge in [-0.2, -0.15) is 0 Å². The van der Waals surface area contributed by atoms with Gasteiger partial charge in [-0.3, -0.25) is 9.52 Å². The molecule has 4 aromatic rings. The Bertz CT molecular complexity index is 1670. The Balaban J connectivity index is 1.83. The number of rotatable bonds is 8. The van der Waals surface area contributed by atoms with Crippen LogP contribution in [0.5, 0.6) is 5.75 Å². The summed E-state index contributed by atoms with van der Waals surface area (Å²) in [5.41, 5.74) is 1.22. The van der Waals surface area contributed by atoms with Gasteiger partial charge in [0, 0.05) is 17.1 Å². The molecule has 0 saturated carbocycles. The summed E-state index contributed by atoms with van der Waals surface area (Å²) < 4.78 is 36.0. The molecule has 10 nitrogen and oxygen atoms in total. The van der Waals surface area contributed by atoms with Crippen molar-refractivity contribution in [2.24, 2.45) is 0 Å². The van der Waals surface area contributed by atoms with Crippen LogP contribution in [0.15, 0.2) is 46.1 Å². The summed E-state index contributed by atoms with van der Waals surface area (Å²) in [7, 11) is -4.06. The van der Waals surface area contributed by atoms with Gasteiger partial charge in [0.25, 0.3) is 15.6 Å². The predicted octanol–water partition coefficient (Wildman–Crippen LogP) is 4.75. The third-order valence-electron chi connectivity index (χ3n) is 5.35. The van der Waals surface area contributed by atoms with E-state index in [2.05, 4.69) is 24.6 Å². The number of aromatic amines is 1. The fraction of sp³-hybridized carbons (Fsp3) is 0.250. The molecule has 0 saturated heterocycles. The van der Waals surface area contributed by atoms with E-state index in [1.165, 1.54) is 40.9 Å². The van der Waals surface area contributed by atoms with Crippen molar-refractivity contribution in [3.05, 3.63) is 74.7 Å². The molecule has 0 fully saturated rings. The second kappa shape index (κ2) is 10.0. The van der Waals surface area contributed by atoms with Gasteiger partial charge in [-0.05, 0) is 50.6 Å². The lowest BCUT2D eigenvalue weighted by molar-refractivity contribution is 0.341. The van der Waals surface area contributed by atoms with Crippen LogP contribution in [0.3, 0.4) is 0 Å². The van der Waals surface area contributed by atoms with Gasteiger partial charge in [-0.15, -0.1) is 5.10 Å². The molecule has 12 heteroatoms. The molecular formula is C24H23ClN6O4S. The maximum atomic E-state index is 13.2. The zero-order valence-corrected chi connectivity index (χ0v) is 21.4. The number of sulfonamides is 1. The molecule has 0 aliphatic heterocycles. The quantitative estimate of drug-likeness (QED) is 0.319. The van der Waals surface area contributed by atoms with E-state index in [0.717, 1.165) is 6.42 Å². The Morgan fingerprint density at radius 1 is 1.22 bits per heavy atom. The summed E-state index contributed by atoms with van der Waals surface area (Å²) in [6.07, 6.45) is 1.43. The summed E-state index contributed by atoms with van der Waals surface area (Å²) in [5, 5.41) is 4.71. The molecule has 0 aliphatic rings. The lowest BCUT2D eigenvalue weighted by Gasteiger charge is -2.14. The van der Waals surface area contributed by atoms with Crippen LogP contribution in [0.4, 0.5) is 11.4 Å². The number of anilines is 1. The molecule has 2 aromatic heterocycles. The molecule has 0 unspecified atom stereocenters. The summed E-state index contributed by atoms with van der Waals surface area (Å²) >= 11 is 6.05. The highest BCUT2D eigenvalue weighted by atomic mass is 35.5. The van der Waals surface area contributed by atoms with Crippen molar-refractivity contribution in [1.29, 1.82) is 0 Å². The standard InChI is InChI=1S/C24H23ClN6O4S/c1-5-7-21-27-14(3)22-24(32)28-23(29-31(21)22)17-13-16(9-11-20(17)35-6-2)36(33,34)30-15-8-10-19(26-4)18(25)12-15/h8-13,30H,5-7H2,1-3H3,(H,28,29,32). The molecule has 0 aliphatic carbocycles. The molecule has 186 valence electrons. The fourth-order valence-electron chi connectivity index (χ4n) is 3.76. The van der Waals surface area contributed by atoms with Gasteiger partial charge in [0.2, 0.25) is 5.69 Å². The zero-order chi connectivity index (χ0) is 26.0. The van der Waals surface area contributed by atoms with Crippen LogP contribution in [-0.4, -0.2) is 34.6 Å². The first-order valence-corrected chi connectivity index (χ1v) is 13.0. The van der Waals surface area contributed by atoms with Crippen LogP contribution in [0, 0.1) is 13.5 Å². The molecule has 36 heavy (non-hydrogen) atoms. The summed E-state index contributed by atoms with van der Waals surface area (Å²) in [6.45, 7) is 12.9. The van der Waals surface area contributed by atoms with Gasteiger partial charge in [-0.25, -0.2) is 22.8 Å². The van der Waals surface area contributed by atoms with E-state index >= 15 is 0 Å². The van der Waals surface area contributed by atoms with Gasteiger partial charge in [0.05, 0.1) is 29.3 Å². The Hall–Kier alpha value is -3.88. The molecule has 0 amide bonds. The average Bonchev–Trinajstić information content (AvgIpc) is 3.15. The number of nitrogens with zero attached hydrogens (tertiary/aromatic N) is 4. The number of benzene rings is 2. The van der Waals surface area contributed by atoms with Gasteiger partial charge in [0.15, 0.2) is 11.3 Å².